The average molecular weight is 485 g/mol. The Kier molecular flexibility index (Phi) is 7.03. The van der Waals surface area contributed by atoms with Crippen molar-refractivity contribution in [1.82, 2.24) is 25.3 Å². The molecule has 2 fully saturated rings. The molecule has 36 heavy (non-hydrogen) atoms. The molecular formula is C27H28N6O3. The minimum absolute atomic E-state index is 0.0417. The van der Waals surface area contributed by atoms with Crippen LogP contribution >= 0.6 is 0 Å². The first-order valence-corrected chi connectivity index (χ1v) is 12.5. The molecule has 9 heteroatoms. The molecule has 5 rings (SSSR count). The second-order valence-corrected chi connectivity index (χ2v) is 9.44. The van der Waals surface area contributed by atoms with Gasteiger partial charge in [-0.2, -0.15) is 10.2 Å². The van der Waals surface area contributed by atoms with E-state index < -0.39 is 0 Å². The zero-order valence-corrected chi connectivity index (χ0v) is 20.0. The quantitative estimate of drug-likeness (QED) is 0.601. The van der Waals surface area contributed by atoms with Gasteiger partial charge < -0.3 is 14.7 Å². The summed E-state index contributed by atoms with van der Waals surface area (Å²) in [5.41, 5.74) is 1.65. The van der Waals surface area contributed by atoms with Crippen LogP contribution in [0.1, 0.15) is 66.3 Å². The third-order valence-corrected chi connectivity index (χ3v) is 7.10. The van der Waals surface area contributed by atoms with Crippen molar-refractivity contribution in [3.63, 3.8) is 0 Å². The molecule has 9 nitrogen and oxygen atoms in total. The van der Waals surface area contributed by atoms with Gasteiger partial charge in [-0.25, -0.2) is 0 Å². The highest BCUT2D eigenvalue weighted by molar-refractivity contribution is 5.95. The molecule has 0 radical (unpaired) electrons. The lowest BCUT2D eigenvalue weighted by Gasteiger charge is -2.32. The zero-order valence-electron chi connectivity index (χ0n) is 20.0. The Morgan fingerprint density at radius 1 is 1.14 bits per heavy atom. The van der Waals surface area contributed by atoms with Crippen LogP contribution in [0.15, 0.2) is 53.3 Å². The van der Waals surface area contributed by atoms with Gasteiger partial charge in [-0.1, -0.05) is 24.1 Å². The van der Waals surface area contributed by atoms with Gasteiger partial charge in [0.2, 0.25) is 17.6 Å². The number of hydrogen-bond acceptors (Lipinski definition) is 7. The summed E-state index contributed by atoms with van der Waals surface area (Å²) < 4.78 is 5.63. The Balaban J connectivity index is 1.45. The van der Waals surface area contributed by atoms with Crippen LogP contribution in [0.25, 0.3) is 11.4 Å². The predicted molar refractivity (Wildman–Crippen MR) is 130 cm³/mol. The molecule has 1 aliphatic heterocycles. The van der Waals surface area contributed by atoms with Gasteiger partial charge in [-0.05, 0) is 56.0 Å². The maximum atomic E-state index is 13.7. The van der Waals surface area contributed by atoms with E-state index in [1.54, 1.807) is 36.7 Å². The first-order chi connectivity index (χ1) is 17.6. The molecule has 1 aliphatic carbocycles. The second kappa shape index (κ2) is 10.7. The van der Waals surface area contributed by atoms with Gasteiger partial charge in [0.05, 0.1) is 17.6 Å². The Morgan fingerprint density at radius 3 is 2.86 bits per heavy atom. The minimum atomic E-state index is -0.384. The molecule has 3 unspecified atom stereocenters. The van der Waals surface area contributed by atoms with E-state index in [9.17, 15) is 14.9 Å². The molecule has 1 N–H and O–H groups in total. The van der Waals surface area contributed by atoms with Gasteiger partial charge in [-0.3, -0.25) is 14.6 Å². The smallest absolute Gasteiger partial charge is 0.254 e. The number of pyridine rings is 1. The van der Waals surface area contributed by atoms with Crippen molar-refractivity contribution in [2.45, 2.75) is 50.5 Å². The third-order valence-electron chi connectivity index (χ3n) is 7.10. The van der Waals surface area contributed by atoms with E-state index in [0.29, 0.717) is 48.8 Å². The highest BCUT2D eigenvalue weighted by Gasteiger charge is 2.45. The van der Waals surface area contributed by atoms with Crippen molar-refractivity contribution in [3.8, 4) is 17.5 Å². The topological polar surface area (TPSA) is 125 Å². The number of carbonyl (C=O) groups is 2. The predicted octanol–water partition coefficient (Wildman–Crippen LogP) is 3.70. The summed E-state index contributed by atoms with van der Waals surface area (Å²) in [6.45, 7) is 1.19. The number of amides is 2. The van der Waals surface area contributed by atoms with Crippen LogP contribution in [0.4, 0.5) is 0 Å². The molecule has 184 valence electrons. The summed E-state index contributed by atoms with van der Waals surface area (Å²) in [5, 5.41) is 16.5. The number of aromatic nitrogens is 3. The van der Waals surface area contributed by atoms with Crippen molar-refractivity contribution < 1.29 is 14.1 Å². The molecule has 2 aromatic heterocycles. The number of fused-ring (bicyclic) bond motifs is 1. The molecule has 1 saturated carbocycles. The number of nitrogens with one attached hydrogen (secondary N) is 1. The Morgan fingerprint density at radius 2 is 2.03 bits per heavy atom. The number of carbonyl (C=O) groups excluding carboxylic acids is 2. The Hall–Kier alpha value is -4.06. The monoisotopic (exact) mass is 484 g/mol. The molecule has 0 bridgehead atoms. The molecule has 2 amide bonds. The fourth-order valence-corrected chi connectivity index (χ4v) is 5.27. The standard InChI is InChI=1S/C27H28N6O3/c28-16-18-7-5-8-19(13-18)27(35)33-12-4-2-1-3-11-30-25(34)22-14-21(15-23(22)33)26-31-24(32-36-26)20-9-6-10-29-17-20/h5-10,13,17,21-23H,1-4,11-12,14-15H2,(H,30,34). The van der Waals surface area contributed by atoms with Crippen molar-refractivity contribution >= 4 is 11.8 Å². The van der Waals surface area contributed by atoms with Crippen molar-refractivity contribution in [1.29, 1.82) is 5.26 Å². The molecule has 0 spiro atoms. The van der Waals surface area contributed by atoms with E-state index in [4.69, 9.17) is 4.52 Å². The van der Waals surface area contributed by atoms with E-state index in [1.165, 1.54) is 0 Å². The first kappa shape index (κ1) is 23.7. The van der Waals surface area contributed by atoms with Crippen LogP contribution in [0.2, 0.25) is 0 Å². The zero-order chi connectivity index (χ0) is 24.9. The van der Waals surface area contributed by atoms with Crippen molar-refractivity contribution in [2.24, 2.45) is 5.92 Å². The van der Waals surface area contributed by atoms with Crippen molar-refractivity contribution in [2.75, 3.05) is 13.1 Å². The lowest BCUT2D eigenvalue weighted by atomic mass is 9.99. The van der Waals surface area contributed by atoms with Gasteiger partial charge in [0, 0.05) is 48.6 Å². The van der Waals surface area contributed by atoms with Gasteiger partial charge in [-0.15, -0.1) is 0 Å². The number of nitrogens with zero attached hydrogens (tertiary/aromatic N) is 5. The van der Waals surface area contributed by atoms with Crippen LogP contribution < -0.4 is 5.32 Å². The molecule has 3 atom stereocenters. The number of benzene rings is 1. The lowest BCUT2D eigenvalue weighted by Crippen LogP contribution is -2.47. The van der Waals surface area contributed by atoms with Crippen molar-refractivity contribution in [3.05, 3.63) is 65.8 Å². The summed E-state index contributed by atoms with van der Waals surface area (Å²) in [5.74, 6) is 0.201. The summed E-state index contributed by atoms with van der Waals surface area (Å²) in [7, 11) is 0. The summed E-state index contributed by atoms with van der Waals surface area (Å²) >= 11 is 0. The first-order valence-electron chi connectivity index (χ1n) is 12.5. The number of hydrogen-bond donors (Lipinski definition) is 1. The van der Waals surface area contributed by atoms with E-state index in [1.807, 2.05) is 17.0 Å². The molecule has 3 heterocycles. The third kappa shape index (κ3) is 4.98. The molecular weight excluding hydrogens is 456 g/mol. The molecule has 1 aromatic carbocycles. The molecule has 2 aliphatic rings. The number of nitriles is 1. The lowest BCUT2D eigenvalue weighted by molar-refractivity contribution is -0.126. The highest BCUT2D eigenvalue weighted by atomic mass is 16.5. The second-order valence-electron chi connectivity index (χ2n) is 9.44. The summed E-state index contributed by atoms with van der Waals surface area (Å²) in [6, 6.07) is 12.2. The van der Waals surface area contributed by atoms with Crippen LogP contribution in [0.3, 0.4) is 0 Å². The maximum absolute atomic E-state index is 13.7. The van der Waals surface area contributed by atoms with Gasteiger partial charge in [0.15, 0.2) is 0 Å². The van der Waals surface area contributed by atoms with E-state index in [-0.39, 0.29) is 29.7 Å². The highest BCUT2D eigenvalue weighted by Crippen LogP contribution is 2.42. The fraction of sp³-hybridized carbons (Fsp3) is 0.407. The van der Waals surface area contributed by atoms with Crippen LogP contribution in [-0.2, 0) is 4.79 Å². The largest absolute Gasteiger partial charge is 0.356 e. The van der Waals surface area contributed by atoms with Crippen LogP contribution in [0, 0.1) is 17.2 Å². The van der Waals surface area contributed by atoms with E-state index >= 15 is 0 Å². The number of rotatable bonds is 3. The van der Waals surface area contributed by atoms with E-state index in [0.717, 1.165) is 31.2 Å². The molecule has 3 aromatic rings. The summed E-state index contributed by atoms with van der Waals surface area (Å²) in [4.78, 5) is 37.6. The van der Waals surface area contributed by atoms with E-state index in [2.05, 4.69) is 26.5 Å². The summed E-state index contributed by atoms with van der Waals surface area (Å²) in [6.07, 6.45) is 8.20. The Bertz CT molecular complexity index is 1270. The SMILES string of the molecule is N#Cc1cccc(C(=O)N2CCCCCCNC(=O)C3CC(c4nc(-c5cccnc5)no4)CC32)c1. The van der Waals surface area contributed by atoms with Gasteiger partial charge in [0.1, 0.15) is 0 Å². The maximum Gasteiger partial charge on any atom is 0.254 e. The fourth-order valence-electron chi connectivity index (χ4n) is 5.27. The van der Waals surface area contributed by atoms with Crippen LogP contribution in [-0.4, -0.2) is 51.0 Å². The van der Waals surface area contributed by atoms with Gasteiger partial charge >= 0.3 is 0 Å². The van der Waals surface area contributed by atoms with Gasteiger partial charge in [0.25, 0.3) is 5.91 Å². The normalized spacial score (nSPS) is 22.7. The minimum Gasteiger partial charge on any atom is -0.356 e. The average Bonchev–Trinajstić information content (AvgIpc) is 3.58. The van der Waals surface area contributed by atoms with Crippen LogP contribution in [0.5, 0.6) is 0 Å². The Labute approximate surface area is 209 Å². The molecule has 1 saturated heterocycles.